The van der Waals surface area contributed by atoms with Crippen molar-refractivity contribution in [1.82, 2.24) is 8.75 Å². The fourth-order valence-electron chi connectivity index (χ4n) is 1.11. The van der Waals surface area contributed by atoms with Crippen molar-refractivity contribution in [3.8, 4) is 0 Å². The van der Waals surface area contributed by atoms with Crippen LogP contribution in [0.3, 0.4) is 0 Å². The highest BCUT2D eigenvalue weighted by Gasteiger charge is 2.06. The molecule has 14 heavy (non-hydrogen) atoms. The van der Waals surface area contributed by atoms with Gasteiger partial charge in [0.05, 0.1) is 24.0 Å². The predicted octanol–water partition coefficient (Wildman–Crippen LogP) is 0.588. The first kappa shape index (κ1) is 9.04. The summed E-state index contributed by atoms with van der Waals surface area (Å²) in [6.45, 7) is -0.0338. The third kappa shape index (κ3) is 1.57. The number of nitrogens with one attached hydrogen (secondary N) is 1. The van der Waals surface area contributed by atoms with Gasteiger partial charge in [0.1, 0.15) is 11.0 Å². The Hall–Kier alpha value is -1.53. The van der Waals surface area contributed by atoms with Crippen LogP contribution in [0.1, 0.15) is 0 Å². The third-order valence-corrected chi connectivity index (χ3v) is 2.29. The molecule has 0 saturated carbocycles. The van der Waals surface area contributed by atoms with Crippen LogP contribution in [-0.4, -0.2) is 21.2 Å². The second-order valence-electron chi connectivity index (χ2n) is 2.69. The zero-order valence-electron chi connectivity index (χ0n) is 7.23. The fourth-order valence-corrected chi connectivity index (χ4v) is 1.66. The first-order valence-electron chi connectivity index (χ1n) is 4.02. The molecule has 0 aliphatic carbocycles. The number of hydrogen-bond acceptors (Lipinski definition) is 5. The molecule has 1 aromatic carbocycles. The molecule has 0 spiro atoms. The smallest absolute Gasteiger partial charge is 0.238 e. The van der Waals surface area contributed by atoms with Gasteiger partial charge in [-0.15, -0.1) is 0 Å². The second kappa shape index (κ2) is 3.69. The Labute approximate surface area is 84.3 Å². The Morgan fingerprint density at radius 1 is 1.50 bits per heavy atom. The molecule has 3 N–H and O–H groups in total. The van der Waals surface area contributed by atoms with E-state index < -0.39 is 0 Å². The van der Waals surface area contributed by atoms with Crippen molar-refractivity contribution in [2.24, 2.45) is 5.73 Å². The van der Waals surface area contributed by atoms with Crippen molar-refractivity contribution in [3.63, 3.8) is 0 Å². The summed E-state index contributed by atoms with van der Waals surface area (Å²) in [5.41, 5.74) is 7.34. The molecule has 0 radical (unpaired) electrons. The minimum Gasteiger partial charge on any atom is -0.323 e. The van der Waals surface area contributed by atoms with Gasteiger partial charge >= 0.3 is 0 Å². The van der Waals surface area contributed by atoms with E-state index in [9.17, 15) is 4.79 Å². The molecule has 0 unspecified atom stereocenters. The minimum atomic E-state index is -0.231. The normalized spacial score (nSPS) is 10.4. The summed E-state index contributed by atoms with van der Waals surface area (Å²) in [5, 5.41) is 2.66. The summed E-state index contributed by atoms with van der Waals surface area (Å²) in [6, 6.07) is 5.43. The maximum absolute atomic E-state index is 11.1. The molecule has 0 fully saturated rings. The molecule has 6 heteroatoms. The molecule has 1 heterocycles. The molecule has 1 amide bonds. The molecule has 2 aromatic rings. The van der Waals surface area contributed by atoms with E-state index in [0.717, 1.165) is 17.2 Å². The predicted molar refractivity (Wildman–Crippen MR) is 55.1 cm³/mol. The van der Waals surface area contributed by atoms with Crippen LogP contribution in [0.2, 0.25) is 0 Å². The Balaban J connectivity index is 2.41. The lowest BCUT2D eigenvalue weighted by molar-refractivity contribution is -0.114. The van der Waals surface area contributed by atoms with Gasteiger partial charge in [-0.2, -0.15) is 8.75 Å². The third-order valence-electron chi connectivity index (χ3n) is 1.75. The Morgan fingerprint density at radius 3 is 3.14 bits per heavy atom. The summed E-state index contributed by atoms with van der Waals surface area (Å²) >= 11 is 1.12. The van der Waals surface area contributed by atoms with Crippen molar-refractivity contribution in [3.05, 3.63) is 18.2 Å². The average molecular weight is 208 g/mol. The summed E-state index contributed by atoms with van der Waals surface area (Å²) in [5.74, 6) is -0.231. The molecule has 0 bridgehead atoms. The van der Waals surface area contributed by atoms with Gasteiger partial charge in [-0.25, -0.2) is 0 Å². The van der Waals surface area contributed by atoms with Crippen LogP contribution in [-0.2, 0) is 4.79 Å². The average Bonchev–Trinajstić information content (AvgIpc) is 2.66. The number of fused-ring (bicyclic) bond motifs is 1. The number of anilines is 1. The number of carbonyl (C=O) groups excluding carboxylic acids is 1. The van der Waals surface area contributed by atoms with Crippen LogP contribution in [0.5, 0.6) is 0 Å². The van der Waals surface area contributed by atoms with Crippen LogP contribution < -0.4 is 11.1 Å². The van der Waals surface area contributed by atoms with Gasteiger partial charge < -0.3 is 11.1 Å². The van der Waals surface area contributed by atoms with Crippen LogP contribution in [0, 0.1) is 0 Å². The summed E-state index contributed by atoms with van der Waals surface area (Å²) in [4.78, 5) is 11.1. The SMILES string of the molecule is NCC(=O)Nc1cccc2nsnc12. The van der Waals surface area contributed by atoms with Gasteiger partial charge in [0.25, 0.3) is 0 Å². The zero-order chi connectivity index (χ0) is 9.97. The monoisotopic (exact) mass is 208 g/mol. The number of nitrogens with zero attached hydrogens (tertiary/aromatic N) is 2. The van der Waals surface area contributed by atoms with E-state index >= 15 is 0 Å². The lowest BCUT2D eigenvalue weighted by Gasteiger charge is -2.02. The van der Waals surface area contributed by atoms with Crippen molar-refractivity contribution >= 4 is 34.4 Å². The van der Waals surface area contributed by atoms with E-state index in [0.29, 0.717) is 11.2 Å². The lowest BCUT2D eigenvalue weighted by Crippen LogP contribution is -2.21. The van der Waals surface area contributed by atoms with Gasteiger partial charge in [-0.3, -0.25) is 4.79 Å². The highest BCUT2D eigenvalue weighted by molar-refractivity contribution is 7.00. The van der Waals surface area contributed by atoms with Gasteiger partial charge in [-0.05, 0) is 12.1 Å². The quantitative estimate of drug-likeness (QED) is 0.756. The number of aromatic nitrogens is 2. The lowest BCUT2D eigenvalue weighted by atomic mass is 10.2. The van der Waals surface area contributed by atoms with Gasteiger partial charge in [0, 0.05) is 0 Å². The van der Waals surface area contributed by atoms with E-state index in [1.54, 1.807) is 6.07 Å². The summed E-state index contributed by atoms with van der Waals surface area (Å²) in [6.07, 6.45) is 0. The van der Waals surface area contributed by atoms with Crippen LogP contribution in [0.4, 0.5) is 5.69 Å². The molecule has 5 nitrogen and oxygen atoms in total. The fraction of sp³-hybridized carbons (Fsp3) is 0.125. The van der Waals surface area contributed by atoms with E-state index in [-0.39, 0.29) is 12.5 Å². The number of nitrogens with two attached hydrogens (primary N) is 1. The standard InChI is InChI=1S/C8H8N4OS/c9-4-7(13)10-5-2-1-3-6-8(5)12-14-11-6/h1-3H,4,9H2,(H,10,13). The number of carbonyl (C=O) groups is 1. The minimum absolute atomic E-state index is 0.0338. The van der Waals surface area contributed by atoms with Crippen molar-refractivity contribution in [2.45, 2.75) is 0 Å². The first-order valence-corrected chi connectivity index (χ1v) is 4.75. The number of hydrogen-bond donors (Lipinski definition) is 2. The first-order chi connectivity index (χ1) is 6.81. The maximum atomic E-state index is 11.1. The van der Waals surface area contributed by atoms with Crippen molar-refractivity contribution in [1.29, 1.82) is 0 Å². The molecule has 72 valence electrons. The Morgan fingerprint density at radius 2 is 2.36 bits per heavy atom. The highest BCUT2D eigenvalue weighted by Crippen LogP contribution is 2.20. The van der Waals surface area contributed by atoms with E-state index in [1.807, 2.05) is 12.1 Å². The van der Waals surface area contributed by atoms with Crippen molar-refractivity contribution in [2.75, 3.05) is 11.9 Å². The second-order valence-corrected chi connectivity index (χ2v) is 3.22. The molecule has 1 aromatic heterocycles. The van der Waals surface area contributed by atoms with E-state index in [2.05, 4.69) is 14.1 Å². The number of amides is 1. The van der Waals surface area contributed by atoms with E-state index in [4.69, 9.17) is 5.73 Å². The molecular formula is C8H8N4OS. The van der Waals surface area contributed by atoms with Crippen LogP contribution in [0.15, 0.2) is 18.2 Å². The Bertz CT molecular complexity index is 467. The largest absolute Gasteiger partial charge is 0.323 e. The van der Waals surface area contributed by atoms with Gasteiger partial charge in [0.15, 0.2) is 0 Å². The topological polar surface area (TPSA) is 80.9 Å². The Kier molecular flexibility index (Phi) is 2.38. The zero-order valence-corrected chi connectivity index (χ0v) is 8.04. The molecule has 0 aliphatic heterocycles. The summed E-state index contributed by atoms with van der Waals surface area (Å²) < 4.78 is 8.14. The summed E-state index contributed by atoms with van der Waals surface area (Å²) in [7, 11) is 0. The van der Waals surface area contributed by atoms with Gasteiger partial charge in [0.2, 0.25) is 5.91 Å². The van der Waals surface area contributed by atoms with E-state index in [1.165, 1.54) is 0 Å². The van der Waals surface area contributed by atoms with Crippen LogP contribution >= 0.6 is 11.7 Å². The molecule has 0 saturated heterocycles. The number of rotatable bonds is 2. The van der Waals surface area contributed by atoms with Gasteiger partial charge in [-0.1, -0.05) is 6.07 Å². The molecular weight excluding hydrogens is 200 g/mol. The maximum Gasteiger partial charge on any atom is 0.238 e. The molecule has 0 aliphatic rings. The van der Waals surface area contributed by atoms with Crippen LogP contribution in [0.25, 0.3) is 11.0 Å². The highest BCUT2D eigenvalue weighted by atomic mass is 32.1. The molecule has 0 atom stereocenters. The molecule has 2 rings (SSSR count). The number of benzene rings is 1. The van der Waals surface area contributed by atoms with Crippen molar-refractivity contribution < 1.29 is 4.79 Å².